The predicted molar refractivity (Wildman–Crippen MR) is 77.3 cm³/mol. The lowest BCUT2D eigenvalue weighted by atomic mass is 10.2. The third-order valence-electron chi connectivity index (χ3n) is 3.53. The average molecular weight is 248 g/mol. The van der Waals surface area contributed by atoms with Gasteiger partial charge < -0.3 is 5.73 Å². The van der Waals surface area contributed by atoms with Crippen LogP contribution in [-0.2, 0) is 6.54 Å². The van der Waals surface area contributed by atoms with E-state index in [4.69, 9.17) is 5.73 Å². The van der Waals surface area contributed by atoms with Crippen molar-refractivity contribution >= 4 is 13.3 Å². The molecule has 1 fully saturated rings. The minimum atomic E-state index is -1.15. The number of nitrogens with two attached hydrogens (primary N) is 1. The van der Waals surface area contributed by atoms with E-state index in [2.05, 4.69) is 48.8 Å². The Hall–Kier alpha value is -0.643. The standard InChI is InChI=1S/C14H24N2Si/c1-17(2,3)14-6-4-12(5-7-14)10-16-9-8-13(15)11-16/h4-7,13H,8-11,15H2,1-3H3/t13-/m0/s1. The van der Waals surface area contributed by atoms with Crippen LogP contribution in [0.4, 0.5) is 0 Å². The highest BCUT2D eigenvalue weighted by molar-refractivity contribution is 6.88. The zero-order valence-corrected chi connectivity index (χ0v) is 12.2. The molecule has 1 aliphatic rings. The zero-order chi connectivity index (χ0) is 12.5. The maximum atomic E-state index is 5.92. The van der Waals surface area contributed by atoms with Gasteiger partial charge in [0, 0.05) is 25.7 Å². The van der Waals surface area contributed by atoms with Crippen LogP contribution in [0.1, 0.15) is 12.0 Å². The van der Waals surface area contributed by atoms with Crippen molar-refractivity contribution in [1.29, 1.82) is 0 Å². The fourth-order valence-electron chi connectivity index (χ4n) is 2.37. The number of benzene rings is 1. The van der Waals surface area contributed by atoms with E-state index in [1.807, 2.05) is 0 Å². The summed E-state index contributed by atoms with van der Waals surface area (Å²) in [4.78, 5) is 2.45. The van der Waals surface area contributed by atoms with Gasteiger partial charge in [-0.3, -0.25) is 4.90 Å². The van der Waals surface area contributed by atoms with Gasteiger partial charge in [0.2, 0.25) is 0 Å². The molecule has 3 heteroatoms. The van der Waals surface area contributed by atoms with Gasteiger partial charge in [0.05, 0.1) is 8.07 Å². The molecule has 0 aliphatic carbocycles. The first-order valence-electron chi connectivity index (χ1n) is 6.52. The number of hydrogen-bond acceptors (Lipinski definition) is 2. The van der Waals surface area contributed by atoms with Crippen molar-refractivity contribution in [2.24, 2.45) is 5.73 Å². The Morgan fingerprint density at radius 3 is 2.35 bits per heavy atom. The van der Waals surface area contributed by atoms with Gasteiger partial charge in [-0.2, -0.15) is 0 Å². The molecule has 0 amide bonds. The fraction of sp³-hybridized carbons (Fsp3) is 0.571. The van der Waals surface area contributed by atoms with E-state index in [1.165, 1.54) is 5.56 Å². The quantitative estimate of drug-likeness (QED) is 0.826. The SMILES string of the molecule is C[Si](C)(C)c1ccc(CN2CC[C@H](N)C2)cc1. The highest BCUT2D eigenvalue weighted by atomic mass is 28.3. The summed E-state index contributed by atoms with van der Waals surface area (Å²) in [5.41, 5.74) is 7.34. The first-order chi connectivity index (χ1) is 7.95. The van der Waals surface area contributed by atoms with Gasteiger partial charge >= 0.3 is 0 Å². The summed E-state index contributed by atoms with van der Waals surface area (Å²) in [7, 11) is -1.15. The molecule has 1 aromatic rings. The summed E-state index contributed by atoms with van der Waals surface area (Å²) in [6, 6.07) is 9.60. The van der Waals surface area contributed by atoms with E-state index >= 15 is 0 Å². The molecular formula is C14H24N2Si. The van der Waals surface area contributed by atoms with Crippen LogP contribution in [0.3, 0.4) is 0 Å². The summed E-state index contributed by atoms with van der Waals surface area (Å²) in [6.07, 6.45) is 1.15. The third kappa shape index (κ3) is 3.41. The molecule has 2 nitrogen and oxygen atoms in total. The molecule has 2 N–H and O–H groups in total. The second kappa shape index (κ2) is 4.92. The van der Waals surface area contributed by atoms with Crippen LogP contribution in [0.5, 0.6) is 0 Å². The third-order valence-corrected chi connectivity index (χ3v) is 5.60. The molecule has 0 bridgehead atoms. The molecule has 1 saturated heterocycles. The Balaban J connectivity index is 1.99. The minimum absolute atomic E-state index is 0.385. The van der Waals surface area contributed by atoms with Crippen LogP contribution in [0.2, 0.25) is 19.6 Å². The summed E-state index contributed by atoms with van der Waals surface area (Å²) >= 11 is 0. The first-order valence-corrected chi connectivity index (χ1v) is 10.0. The lowest BCUT2D eigenvalue weighted by Crippen LogP contribution is -2.37. The summed E-state index contributed by atoms with van der Waals surface area (Å²) in [5.74, 6) is 0. The van der Waals surface area contributed by atoms with Crippen molar-refractivity contribution in [3.05, 3.63) is 29.8 Å². The predicted octanol–water partition coefficient (Wildman–Crippen LogP) is 1.76. The van der Waals surface area contributed by atoms with Gasteiger partial charge in [0.25, 0.3) is 0 Å². The van der Waals surface area contributed by atoms with Crippen LogP contribution >= 0.6 is 0 Å². The molecule has 0 unspecified atom stereocenters. The first kappa shape index (κ1) is 12.8. The van der Waals surface area contributed by atoms with Crippen LogP contribution in [0.25, 0.3) is 0 Å². The zero-order valence-electron chi connectivity index (χ0n) is 11.2. The molecule has 94 valence electrons. The summed E-state index contributed by atoms with van der Waals surface area (Å²) in [6.45, 7) is 10.4. The molecular weight excluding hydrogens is 224 g/mol. The van der Waals surface area contributed by atoms with Crippen LogP contribution in [0.15, 0.2) is 24.3 Å². The topological polar surface area (TPSA) is 29.3 Å². The Kier molecular flexibility index (Phi) is 3.71. The summed E-state index contributed by atoms with van der Waals surface area (Å²) < 4.78 is 0. The van der Waals surface area contributed by atoms with E-state index in [0.717, 1.165) is 26.1 Å². The smallest absolute Gasteiger partial charge is 0.0775 e. The molecule has 1 atom stereocenters. The Morgan fingerprint density at radius 2 is 1.88 bits per heavy atom. The minimum Gasteiger partial charge on any atom is -0.326 e. The van der Waals surface area contributed by atoms with Gasteiger partial charge in [-0.1, -0.05) is 49.1 Å². The van der Waals surface area contributed by atoms with Crippen molar-refractivity contribution in [3.8, 4) is 0 Å². The van der Waals surface area contributed by atoms with Gasteiger partial charge in [-0.15, -0.1) is 0 Å². The number of likely N-dealkylation sites (tertiary alicyclic amines) is 1. The molecule has 0 radical (unpaired) electrons. The van der Waals surface area contributed by atoms with Crippen molar-refractivity contribution in [3.63, 3.8) is 0 Å². The number of nitrogens with zero attached hydrogens (tertiary/aromatic N) is 1. The Bertz CT molecular complexity index is 367. The fourth-order valence-corrected chi connectivity index (χ4v) is 3.54. The molecule has 0 spiro atoms. The maximum Gasteiger partial charge on any atom is 0.0775 e. The molecule has 0 aromatic heterocycles. The van der Waals surface area contributed by atoms with Gasteiger partial charge in [0.1, 0.15) is 0 Å². The Labute approximate surface area is 106 Å². The number of hydrogen-bond donors (Lipinski definition) is 1. The van der Waals surface area contributed by atoms with Crippen molar-refractivity contribution in [2.75, 3.05) is 13.1 Å². The molecule has 1 aromatic carbocycles. The summed E-state index contributed by atoms with van der Waals surface area (Å²) in [5, 5.41) is 1.54. The van der Waals surface area contributed by atoms with Gasteiger partial charge in [-0.05, 0) is 12.0 Å². The van der Waals surface area contributed by atoms with Gasteiger partial charge in [-0.25, -0.2) is 0 Å². The largest absolute Gasteiger partial charge is 0.326 e. The van der Waals surface area contributed by atoms with E-state index in [0.29, 0.717) is 6.04 Å². The normalized spacial score (nSPS) is 22.0. The monoisotopic (exact) mass is 248 g/mol. The van der Waals surface area contributed by atoms with Crippen LogP contribution < -0.4 is 10.9 Å². The second-order valence-electron chi connectivity index (χ2n) is 6.23. The molecule has 1 heterocycles. The molecule has 2 rings (SSSR count). The Morgan fingerprint density at radius 1 is 1.24 bits per heavy atom. The lowest BCUT2D eigenvalue weighted by molar-refractivity contribution is 0.327. The van der Waals surface area contributed by atoms with E-state index in [9.17, 15) is 0 Å². The molecule has 0 saturated carbocycles. The highest BCUT2D eigenvalue weighted by Crippen LogP contribution is 2.12. The lowest BCUT2D eigenvalue weighted by Gasteiger charge is -2.19. The van der Waals surface area contributed by atoms with Crippen molar-refractivity contribution in [1.82, 2.24) is 4.90 Å². The van der Waals surface area contributed by atoms with Crippen LogP contribution in [0, 0.1) is 0 Å². The highest BCUT2D eigenvalue weighted by Gasteiger charge is 2.19. The van der Waals surface area contributed by atoms with Crippen LogP contribution in [-0.4, -0.2) is 32.1 Å². The van der Waals surface area contributed by atoms with E-state index in [-0.39, 0.29) is 0 Å². The number of rotatable bonds is 3. The average Bonchev–Trinajstić information content (AvgIpc) is 2.63. The molecule has 17 heavy (non-hydrogen) atoms. The van der Waals surface area contributed by atoms with Gasteiger partial charge in [0.15, 0.2) is 0 Å². The van der Waals surface area contributed by atoms with Crippen molar-refractivity contribution < 1.29 is 0 Å². The van der Waals surface area contributed by atoms with Crippen molar-refractivity contribution in [2.45, 2.75) is 38.6 Å². The second-order valence-corrected chi connectivity index (χ2v) is 11.3. The van der Waals surface area contributed by atoms with E-state index < -0.39 is 8.07 Å². The molecule has 1 aliphatic heterocycles. The maximum absolute atomic E-state index is 5.92. The van der Waals surface area contributed by atoms with E-state index in [1.54, 1.807) is 5.19 Å².